The Labute approximate surface area is 101 Å². The Morgan fingerprint density at radius 2 is 2.25 bits per heavy atom. The summed E-state index contributed by atoms with van der Waals surface area (Å²) >= 11 is 3.04. The summed E-state index contributed by atoms with van der Waals surface area (Å²) in [5.74, 6) is -1.52. The minimum absolute atomic E-state index is 0.0712. The van der Waals surface area contributed by atoms with Crippen molar-refractivity contribution < 1.29 is 19.0 Å². The summed E-state index contributed by atoms with van der Waals surface area (Å²) in [5.41, 5.74) is 0.754. The molecule has 0 amide bonds. The van der Waals surface area contributed by atoms with Gasteiger partial charge in [-0.25, -0.2) is 9.18 Å². The van der Waals surface area contributed by atoms with Crippen LogP contribution in [0, 0.1) is 5.82 Å². The predicted molar refractivity (Wildman–Crippen MR) is 60.5 cm³/mol. The first-order valence-corrected chi connectivity index (χ1v) is 5.54. The van der Waals surface area contributed by atoms with E-state index in [-0.39, 0.29) is 10.0 Å². The van der Waals surface area contributed by atoms with Crippen molar-refractivity contribution in [2.75, 3.05) is 7.11 Å². The number of aliphatic hydroxyl groups excluding tert-OH is 1. The van der Waals surface area contributed by atoms with Gasteiger partial charge in [-0.15, -0.1) is 0 Å². The van der Waals surface area contributed by atoms with E-state index in [4.69, 9.17) is 0 Å². The summed E-state index contributed by atoms with van der Waals surface area (Å²) in [6.07, 6.45) is -0.910. The van der Waals surface area contributed by atoms with Gasteiger partial charge in [0.1, 0.15) is 5.82 Å². The molecular weight excluding hydrogens is 279 g/mol. The van der Waals surface area contributed by atoms with Crippen molar-refractivity contribution in [1.29, 1.82) is 0 Å². The fourth-order valence-corrected chi connectivity index (χ4v) is 1.83. The molecule has 0 aromatic heterocycles. The first kappa shape index (κ1) is 13.1. The lowest BCUT2D eigenvalue weighted by Crippen LogP contribution is -2.15. The van der Waals surface area contributed by atoms with Gasteiger partial charge in [0.05, 0.1) is 11.6 Å². The summed E-state index contributed by atoms with van der Waals surface area (Å²) in [4.78, 5) is 11.1. The van der Waals surface area contributed by atoms with Crippen LogP contribution in [-0.4, -0.2) is 18.2 Å². The summed E-state index contributed by atoms with van der Waals surface area (Å²) in [7, 11) is 1.14. The van der Waals surface area contributed by atoms with Gasteiger partial charge in [0.2, 0.25) is 0 Å². The molecule has 0 spiro atoms. The molecular formula is C11H12BrFO3. The van der Waals surface area contributed by atoms with Gasteiger partial charge in [-0.05, 0) is 40.0 Å². The van der Waals surface area contributed by atoms with E-state index in [1.165, 1.54) is 6.07 Å². The van der Waals surface area contributed by atoms with Crippen molar-refractivity contribution in [3.05, 3.63) is 33.5 Å². The smallest absolute Gasteiger partial charge is 0.339 e. The number of hydrogen-bond acceptors (Lipinski definition) is 3. The molecule has 0 radical (unpaired) electrons. The van der Waals surface area contributed by atoms with Crippen LogP contribution in [0.4, 0.5) is 4.39 Å². The van der Waals surface area contributed by atoms with Crippen LogP contribution in [0.15, 0.2) is 16.6 Å². The Morgan fingerprint density at radius 1 is 1.62 bits per heavy atom. The molecule has 0 aliphatic heterocycles. The molecule has 0 bridgehead atoms. The highest BCUT2D eigenvalue weighted by molar-refractivity contribution is 9.10. The van der Waals surface area contributed by atoms with E-state index in [0.717, 1.165) is 12.7 Å². The van der Waals surface area contributed by atoms with Crippen LogP contribution in [0.25, 0.3) is 0 Å². The number of aryl methyl sites for hydroxylation is 1. The van der Waals surface area contributed by atoms with E-state index in [1.54, 1.807) is 6.07 Å². The molecule has 1 N–H and O–H groups in total. The summed E-state index contributed by atoms with van der Waals surface area (Å²) < 4.78 is 18.2. The first-order valence-electron chi connectivity index (χ1n) is 4.75. The number of carbonyl (C=O) groups excluding carboxylic acids is 1. The minimum atomic E-state index is -1.59. The molecule has 0 fully saturated rings. The third-order valence-electron chi connectivity index (χ3n) is 2.24. The van der Waals surface area contributed by atoms with E-state index in [0.29, 0.717) is 6.42 Å². The van der Waals surface area contributed by atoms with Crippen LogP contribution >= 0.6 is 15.9 Å². The van der Waals surface area contributed by atoms with Gasteiger partial charge in [0, 0.05) is 5.56 Å². The molecule has 3 nitrogen and oxygen atoms in total. The second-order valence-electron chi connectivity index (χ2n) is 3.26. The molecule has 1 aromatic carbocycles. The molecule has 1 aromatic rings. The van der Waals surface area contributed by atoms with Crippen molar-refractivity contribution >= 4 is 21.9 Å². The van der Waals surface area contributed by atoms with Crippen LogP contribution in [0.2, 0.25) is 0 Å². The Bertz CT molecular complexity index is 406. The van der Waals surface area contributed by atoms with E-state index < -0.39 is 17.9 Å². The molecule has 16 heavy (non-hydrogen) atoms. The third kappa shape index (κ3) is 2.59. The van der Waals surface area contributed by atoms with Gasteiger partial charge in [0.25, 0.3) is 0 Å². The Hall–Kier alpha value is -0.940. The average Bonchev–Trinajstić information content (AvgIpc) is 2.30. The fourth-order valence-electron chi connectivity index (χ4n) is 1.31. The largest absolute Gasteiger partial charge is 0.467 e. The van der Waals surface area contributed by atoms with Crippen LogP contribution in [0.3, 0.4) is 0 Å². The number of ether oxygens (including phenoxy) is 1. The van der Waals surface area contributed by atoms with Crippen molar-refractivity contribution in [2.24, 2.45) is 0 Å². The average molecular weight is 291 g/mol. The quantitative estimate of drug-likeness (QED) is 0.870. The van der Waals surface area contributed by atoms with Crippen LogP contribution in [-0.2, 0) is 16.0 Å². The Morgan fingerprint density at radius 3 is 2.75 bits per heavy atom. The van der Waals surface area contributed by atoms with Crippen molar-refractivity contribution in [1.82, 2.24) is 0 Å². The Kier molecular flexibility index (Phi) is 4.44. The van der Waals surface area contributed by atoms with Gasteiger partial charge in [-0.3, -0.25) is 0 Å². The monoisotopic (exact) mass is 290 g/mol. The minimum Gasteiger partial charge on any atom is -0.467 e. The number of rotatable bonds is 3. The molecule has 0 aliphatic rings. The number of halogens is 2. The zero-order valence-electron chi connectivity index (χ0n) is 8.96. The normalized spacial score (nSPS) is 12.3. The second kappa shape index (κ2) is 5.41. The van der Waals surface area contributed by atoms with Crippen LogP contribution in [0.5, 0.6) is 0 Å². The maximum absolute atomic E-state index is 13.7. The number of methoxy groups -OCH3 is 1. The van der Waals surface area contributed by atoms with Crippen molar-refractivity contribution in [3.8, 4) is 0 Å². The van der Waals surface area contributed by atoms with E-state index >= 15 is 0 Å². The van der Waals surface area contributed by atoms with Gasteiger partial charge in [-0.1, -0.05) is 6.92 Å². The lowest BCUT2D eigenvalue weighted by molar-refractivity contribution is -0.150. The van der Waals surface area contributed by atoms with E-state index in [1.807, 2.05) is 6.92 Å². The van der Waals surface area contributed by atoms with Gasteiger partial charge < -0.3 is 9.84 Å². The lowest BCUT2D eigenvalue weighted by Gasteiger charge is -2.12. The molecule has 0 aliphatic carbocycles. The third-order valence-corrected chi connectivity index (χ3v) is 2.82. The Balaban J connectivity index is 3.21. The van der Waals surface area contributed by atoms with E-state index in [2.05, 4.69) is 20.7 Å². The predicted octanol–water partition coefficient (Wildman–Crippen LogP) is 2.36. The highest BCUT2D eigenvalue weighted by Gasteiger charge is 2.23. The lowest BCUT2D eigenvalue weighted by atomic mass is 10.0. The standard InChI is InChI=1S/C11H12BrFO3/c1-3-6-4-7(9(13)8(12)5-6)10(14)11(15)16-2/h4-5,10,14H,3H2,1-2H3. The molecule has 1 unspecified atom stereocenters. The molecule has 0 saturated carbocycles. The SMILES string of the molecule is CCc1cc(Br)c(F)c(C(O)C(=O)OC)c1. The summed E-state index contributed by atoms with van der Waals surface area (Å²) in [5, 5.41) is 9.58. The van der Waals surface area contributed by atoms with Crippen molar-refractivity contribution in [3.63, 3.8) is 0 Å². The number of benzene rings is 1. The van der Waals surface area contributed by atoms with Crippen LogP contribution < -0.4 is 0 Å². The van der Waals surface area contributed by atoms with Crippen molar-refractivity contribution in [2.45, 2.75) is 19.4 Å². The number of hydrogen-bond donors (Lipinski definition) is 1. The number of carbonyl (C=O) groups is 1. The molecule has 0 heterocycles. The molecule has 88 valence electrons. The maximum Gasteiger partial charge on any atom is 0.339 e. The molecule has 5 heteroatoms. The second-order valence-corrected chi connectivity index (χ2v) is 4.11. The fraction of sp³-hybridized carbons (Fsp3) is 0.364. The molecule has 1 atom stereocenters. The van der Waals surface area contributed by atoms with Gasteiger partial charge in [-0.2, -0.15) is 0 Å². The maximum atomic E-state index is 13.7. The highest BCUT2D eigenvalue weighted by atomic mass is 79.9. The summed E-state index contributed by atoms with van der Waals surface area (Å²) in [6, 6.07) is 3.07. The number of esters is 1. The number of aliphatic hydroxyl groups is 1. The zero-order chi connectivity index (χ0) is 12.3. The first-order chi connectivity index (χ1) is 7.51. The molecule has 0 saturated heterocycles. The van der Waals surface area contributed by atoms with Gasteiger partial charge in [0.15, 0.2) is 6.10 Å². The molecule has 1 rings (SSSR count). The summed E-state index contributed by atoms with van der Waals surface area (Å²) in [6.45, 7) is 1.90. The van der Waals surface area contributed by atoms with Crippen LogP contribution in [0.1, 0.15) is 24.2 Å². The van der Waals surface area contributed by atoms with Gasteiger partial charge >= 0.3 is 5.97 Å². The highest BCUT2D eigenvalue weighted by Crippen LogP contribution is 2.26. The van der Waals surface area contributed by atoms with E-state index in [9.17, 15) is 14.3 Å². The topological polar surface area (TPSA) is 46.5 Å². The zero-order valence-corrected chi connectivity index (χ0v) is 10.5.